The Kier molecular flexibility index (Phi) is 3.71. The first-order valence-corrected chi connectivity index (χ1v) is 6.48. The number of nitrogens with one attached hydrogen (secondary N) is 1. The van der Waals surface area contributed by atoms with Crippen LogP contribution >= 0.6 is 11.6 Å². The molecule has 96 valence electrons. The molecule has 1 aromatic carbocycles. The molecular formula is C14H16ClNO2. The number of ketones is 1. The van der Waals surface area contributed by atoms with Crippen LogP contribution < -0.4 is 5.32 Å². The van der Waals surface area contributed by atoms with Gasteiger partial charge in [0.25, 0.3) is 0 Å². The summed E-state index contributed by atoms with van der Waals surface area (Å²) in [5.41, 5.74) is 2.99. The van der Waals surface area contributed by atoms with Gasteiger partial charge < -0.3 is 5.32 Å². The van der Waals surface area contributed by atoms with Gasteiger partial charge in [0.2, 0.25) is 5.91 Å². The van der Waals surface area contributed by atoms with Gasteiger partial charge >= 0.3 is 0 Å². The van der Waals surface area contributed by atoms with Gasteiger partial charge in [-0.25, -0.2) is 0 Å². The highest BCUT2D eigenvalue weighted by molar-refractivity contribution is 6.33. The number of rotatable bonds is 3. The van der Waals surface area contributed by atoms with Gasteiger partial charge in [-0.1, -0.05) is 12.1 Å². The Bertz CT molecular complexity index is 497. The van der Waals surface area contributed by atoms with Gasteiger partial charge in [0.15, 0.2) is 5.78 Å². The highest BCUT2D eigenvalue weighted by atomic mass is 35.5. The highest BCUT2D eigenvalue weighted by Gasteiger charge is 2.23. The molecule has 0 saturated carbocycles. The number of halogens is 1. The largest absolute Gasteiger partial charge is 0.353 e. The number of alkyl halides is 1. The predicted octanol–water partition coefficient (Wildman–Crippen LogP) is 2.10. The number of amides is 1. The third-order valence-corrected chi connectivity index (χ3v) is 3.39. The first-order valence-electron chi connectivity index (χ1n) is 6.04. The Hall–Kier alpha value is -1.35. The van der Waals surface area contributed by atoms with Crippen molar-refractivity contribution in [2.45, 2.75) is 38.1 Å². The first-order chi connectivity index (χ1) is 8.47. The van der Waals surface area contributed by atoms with Crippen LogP contribution in [0.2, 0.25) is 0 Å². The van der Waals surface area contributed by atoms with Crippen LogP contribution in [0, 0.1) is 0 Å². The van der Waals surface area contributed by atoms with E-state index in [1.807, 2.05) is 18.2 Å². The molecule has 1 N–H and O–H groups in total. The van der Waals surface area contributed by atoms with E-state index in [-0.39, 0.29) is 17.7 Å². The zero-order valence-electron chi connectivity index (χ0n) is 10.5. The van der Waals surface area contributed by atoms with Gasteiger partial charge in [-0.05, 0) is 37.0 Å². The van der Waals surface area contributed by atoms with Gasteiger partial charge in [-0.2, -0.15) is 0 Å². The van der Waals surface area contributed by atoms with Gasteiger partial charge in [0.05, 0.1) is 5.38 Å². The molecule has 0 radical (unpaired) electrons. The van der Waals surface area contributed by atoms with Crippen LogP contribution in [0.1, 0.15) is 35.3 Å². The molecule has 0 aliphatic heterocycles. The molecule has 0 spiro atoms. The second-order valence-electron chi connectivity index (χ2n) is 4.77. The van der Waals surface area contributed by atoms with Crippen LogP contribution in [0.4, 0.5) is 0 Å². The minimum atomic E-state index is -0.504. The SMILES string of the molecule is CC(=O)NC1Cc2ccc(C(=O)C(C)Cl)cc2C1. The van der Waals surface area contributed by atoms with Crippen molar-refractivity contribution >= 4 is 23.3 Å². The van der Waals surface area contributed by atoms with Crippen LogP contribution in [-0.4, -0.2) is 23.1 Å². The second-order valence-corrected chi connectivity index (χ2v) is 5.42. The van der Waals surface area contributed by atoms with E-state index in [9.17, 15) is 9.59 Å². The molecule has 0 fully saturated rings. The Balaban J connectivity index is 2.17. The second kappa shape index (κ2) is 5.11. The van der Waals surface area contributed by atoms with Crippen LogP contribution in [0.3, 0.4) is 0 Å². The lowest BCUT2D eigenvalue weighted by Gasteiger charge is -2.08. The van der Waals surface area contributed by atoms with Crippen molar-refractivity contribution < 1.29 is 9.59 Å². The summed E-state index contributed by atoms with van der Waals surface area (Å²) in [6.45, 7) is 3.20. The molecule has 1 aliphatic rings. The number of hydrogen-bond donors (Lipinski definition) is 1. The van der Waals surface area contributed by atoms with E-state index in [1.165, 1.54) is 12.5 Å². The fourth-order valence-corrected chi connectivity index (χ4v) is 2.52. The molecule has 1 amide bonds. The van der Waals surface area contributed by atoms with Crippen LogP contribution in [0.25, 0.3) is 0 Å². The maximum Gasteiger partial charge on any atom is 0.217 e. The van der Waals surface area contributed by atoms with E-state index in [2.05, 4.69) is 5.32 Å². The lowest BCUT2D eigenvalue weighted by molar-refractivity contribution is -0.119. The maximum atomic E-state index is 11.8. The summed E-state index contributed by atoms with van der Waals surface area (Å²) >= 11 is 5.80. The molecular weight excluding hydrogens is 250 g/mol. The van der Waals surface area contributed by atoms with Crippen molar-refractivity contribution in [3.63, 3.8) is 0 Å². The summed E-state index contributed by atoms with van der Waals surface area (Å²) in [4.78, 5) is 22.8. The third kappa shape index (κ3) is 2.72. The van der Waals surface area contributed by atoms with Crippen molar-refractivity contribution in [3.05, 3.63) is 34.9 Å². The Morgan fingerprint density at radius 3 is 2.61 bits per heavy atom. The van der Waals surface area contributed by atoms with Crippen molar-refractivity contribution in [3.8, 4) is 0 Å². The zero-order valence-corrected chi connectivity index (χ0v) is 11.3. The van der Waals surface area contributed by atoms with Gasteiger partial charge in [0, 0.05) is 18.5 Å². The number of Topliss-reactive ketones (excluding diaryl/α,β-unsaturated/α-hetero) is 1. The predicted molar refractivity (Wildman–Crippen MR) is 71.1 cm³/mol. The molecule has 2 unspecified atom stereocenters. The standard InChI is InChI=1S/C14H16ClNO2/c1-8(15)14(18)11-4-3-10-6-13(16-9(2)17)7-12(10)5-11/h3-5,8,13H,6-7H2,1-2H3,(H,16,17). The normalized spacial score (nSPS) is 19.2. The van der Waals surface area contributed by atoms with Crippen molar-refractivity contribution in [1.82, 2.24) is 5.32 Å². The van der Waals surface area contributed by atoms with Gasteiger partial charge in [0.1, 0.15) is 0 Å². The van der Waals surface area contributed by atoms with Gasteiger partial charge in [-0.15, -0.1) is 11.6 Å². The molecule has 2 atom stereocenters. The Morgan fingerprint density at radius 1 is 1.33 bits per heavy atom. The van der Waals surface area contributed by atoms with Crippen molar-refractivity contribution in [1.29, 1.82) is 0 Å². The number of carbonyl (C=O) groups is 2. The summed E-state index contributed by atoms with van der Waals surface area (Å²) < 4.78 is 0. The number of fused-ring (bicyclic) bond motifs is 1. The topological polar surface area (TPSA) is 46.2 Å². The minimum absolute atomic E-state index is 0.0153. The van der Waals surface area contributed by atoms with E-state index in [0.29, 0.717) is 5.56 Å². The van der Waals surface area contributed by atoms with E-state index >= 15 is 0 Å². The van der Waals surface area contributed by atoms with Crippen LogP contribution in [0.15, 0.2) is 18.2 Å². The van der Waals surface area contributed by atoms with Gasteiger partial charge in [-0.3, -0.25) is 9.59 Å². The minimum Gasteiger partial charge on any atom is -0.353 e. The maximum absolute atomic E-state index is 11.8. The fourth-order valence-electron chi connectivity index (χ4n) is 2.39. The molecule has 1 aliphatic carbocycles. The number of hydrogen-bond acceptors (Lipinski definition) is 2. The molecule has 0 saturated heterocycles. The van der Waals surface area contributed by atoms with Crippen LogP contribution in [-0.2, 0) is 17.6 Å². The summed E-state index contributed by atoms with van der Waals surface area (Å²) in [5, 5.41) is 2.41. The Labute approximate surface area is 112 Å². The zero-order chi connectivity index (χ0) is 13.3. The van der Waals surface area contributed by atoms with Crippen molar-refractivity contribution in [2.24, 2.45) is 0 Å². The first kappa shape index (κ1) is 13.1. The summed E-state index contributed by atoms with van der Waals surface area (Å²) in [5.74, 6) is -0.0686. The molecule has 0 bridgehead atoms. The van der Waals surface area contributed by atoms with Crippen LogP contribution in [0.5, 0.6) is 0 Å². The highest BCUT2D eigenvalue weighted by Crippen LogP contribution is 2.24. The molecule has 1 aromatic rings. The van der Waals surface area contributed by atoms with E-state index in [0.717, 1.165) is 18.4 Å². The average molecular weight is 266 g/mol. The quantitative estimate of drug-likeness (QED) is 0.672. The molecule has 0 heterocycles. The molecule has 0 aromatic heterocycles. The molecule has 18 heavy (non-hydrogen) atoms. The summed E-state index contributed by atoms with van der Waals surface area (Å²) in [7, 11) is 0. The average Bonchev–Trinajstić information content (AvgIpc) is 2.67. The Morgan fingerprint density at radius 2 is 2.00 bits per heavy atom. The lowest BCUT2D eigenvalue weighted by atomic mass is 10.0. The van der Waals surface area contributed by atoms with E-state index < -0.39 is 5.38 Å². The molecule has 3 nitrogen and oxygen atoms in total. The molecule has 2 rings (SSSR count). The van der Waals surface area contributed by atoms with Crippen molar-refractivity contribution in [2.75, 3.05) is 0 Å². The monoisotopic (exact) mass is 265 g/mol. The smallest absolute Gasteiger partial charge is 0.217 e. The molecule has 4 heteroatoms. The fraction of sp³-hybridized carbons (Fsp3) is 0.429. The number of benzene rings is 1. The lowest BCUT2D eigenvalue weighted by Crippen LogP contribution is -2.33. The van der Waals surface area contributed by atoms with E-state index in [4.69, 9.17) is 11.6 Å². The number of carbonyl (C=O) groups excluding carboxylic acids is 2. The van der Waals surface area contributed by atoms with E-state index in [1.54, 1.807) is 6.92 Å². The summed E-state index contributed by atoms with van der Waals surface area (Å²) in [6, 6.07) is 5.83. The third-order valence-electron chi connectivity index (χ3n) is 3.19. The summed E-state index contributed by atoms with van der Waals surface area (Å²) in [6.07, 6.45) is 1.62.